The van der Waals surface area contributed by atoms with Crippen LogP contribution in [0.1, 0.15) is 67.9 Å². The number of hydrogen-bond donors (Lipinski definition) is 0. The summed E-state index contributed by atoms with van der Waals surface area (Å²) in [5, 5.41) is 0.141. The topological polar surface area (TPSA) is 58.5 Å². The highest BCUT2D eigenvalue weighted by molar-refractivity contribution is 6.75. The molecule has 228 valence electrons. The van der Waals surface area contributed by atoms with Gasteiger partial charge in [-0.15, -0.1) is 0 Å². The van der Waals surface area contributed by atoms with Crippen molar-refractivity contribution in [2.24, 2.45) is 4.99 Å². The van der Waals surface area contributed by atoms with E-state index in [2.05, 4.69) is 102 Å². The molecule has 0 unspecified atom stereocenters. The Morgan fingerprint density at radius 1 is 0.700 bits per heavy atom. The minimum absolute atomic E-state index is 0.0250. The van der Waals surface area contributed by atoms with Crippen molar-refractivity contribution >= 4 is 30.8 Å². The molecular formula is C31H57NO5Si3. The lowest BCUT2D eigenvalue weighted by Crippen LogP contribution is -2.65. The zero-order valence-corrected chi connectivity index (χ0v) is 31.0. The molecule has 2 aliphatic rings. The molecule has 9 heteroatoms. The fraction of sp³-hybridized carbons (Fsp3) is 0.774. The zero-order chi connectivity index (χ0) is 30.5. The second-order valence-electron chi connectivity index (χ2n) is 16.2. The Morgan fingerprint density at radius 2 is 1.18 bits per heavy atom. The average molecular weight is 608 g/mol. The lowest BCUT2D eigenvalue weighted by Gasteiger charge is -2.51. The van der Waals surface area contributed by atoms with Crippen molar-refractivity contribution in [3.8, 4) is 0 Å². The van der Waals surface area contributed by atoms with E-state index in [-0.39, 0.29) is 39.5 Å². The van der Waals surface area contributed by atoms with Crippen molar-refractivity contribution in [2.45, 2.75) is 147 Å². The standard InChI is InChI=1S/C31H57NO5Si3/c1-29(2,3)38(10,11)33-21-23-24(36-39(12,13)30(4,5)6)25(37-40(14,15)31(7,8)9)26-28(34-23)32-27(35-26)22-19-17-16-18-20-22/h16-20,23-26,28H,21H2,1-15H3/t23-,24-,25+,26-,28+/m1/s1. The summed E-state index contributed by atoms with van der Waals surface area (Å²) in [5.74, 6) is 0.608. The molecule has 0 saturated carbocycles. The van der Waals surface area contributed by atoms with Crippen LogP contribution < -0.4 is 0 Å². The maximum absolute atomic E-state index is 7.26. The third-order valence-corrected chi connectivity index (χ3v) is 23.5. The number of rotatable bonds is 8. The number of nitrogens with zero attached hydrogens (tertiary/aromatic N) is 1. The van der Waals surface area contributed by atoms with Crippen LogP contribution in [-0.2, 0) is 22.8 Å². The minimum Gasteiger partial charge on any atom is -0.466 e. The van der Waals surface area contributed by atoms with E-state index in [1.807, 2.05) is 30.3 Å². The smallest absolute Gasteiger partial charge is 0.219 e. The molecule has 5 atom stereocenters. The maximum atomic E-state index is 7.26. The quantitative estimate of drug-likeness (QED) is 0.278. The van der Waals surface area contributed by atoms with Gasteiger partial charge in [-0.05, 0) is 66.5 Å². The fourth-order valence-electron chi connectivity index (χ4n) is 4.07. The molecule has 3 rings (SSSR count). The highest BCUT2D eigenvalue weighted by Gasteiger charge is 2.57. The summed E-state index contributed by atoms with van der Waals surface area (Å²) in [6, 6.07) is 10.1. The van der Waals surface area contributed by atoms with Crippen molar-refractivity contribution in [1.82, 2.24) is 0 Å². The predicted octanol–water partition coefficient (Wildman–Crippen LogP) is 8.36. The lowest BCUT2D eigenvalue weighted by atomic mass is 9.99. The van der Waals surface area contributed by atoms with Gasteiger partial charge in [-0.3, -0.25) is 0 Å². The van der Waals surface area contributed by atoms with Crippen LogP contribution in [0.15, 0.2) is 35.3 Å². The van der Waals surface area contributed by atoms with E-state index in [1.165, 1.54) is 0 Å². The molecular weight excluding hydrogens is 551 g/mol. The van der Waals surface area contributed by atoms with Crippen molar-refractivity contribution in [1.29, 1.82) is 0 Å². The van der Waals surface area contributed by atoms with Gasteiger partial charge in [-0.1, -0.05) is 80.5 Å². The highest BCUT2D eigenvalue weighted by atomic mass is 28.4. The first-order valence-electron chi connectivity index (χ1n) is 14.9. The van der Waals surface area contributed by atoms with Crippen LogP contribution in [0.5, 0.6) is 0 Å². The van der Waals surface area contributed by atoms with Gasteiger partial charge in [0.05, 0.1) is 6.61 Å². The summed E-state index contributed by atoms with van der Waals surface area (Å²) in [6.07, 6.45) is -1.83. The molecule has 0 aromatic heterocycles. The van der Waals surface area contributed by atoms with E-state index < -0.39 is 31.2 Å². The van der Waals surface area contributed by atoms with E-state index in [4.69, 9.17) is 27.7 Å². The first-order valence-corrected chi connectivity index (χ1v) is 23.6. The monoisotopic (exact) mass is 607 g/mol. The van der Waals surface area contributed by atoms with Crippen LogP contribution in [-0.4, -0.2) is 68.1 Å². The van der Waals surface area contributed by atoms with Crippen molar-refractivity contribution in [3.05, 3.63) is 35.9 Å². The Bertz CT molecular complexity index is 1040. The summed E-state index contributed by atoms with van der Waals surface area (Å²) in [4.78, 5) is 4.97. The van der Waals surface area contributed by atoms with E-state index in [0.717, 1.165) is 5.56 Å². The minimum atomic E-state index is -2.22. The Kier molecular flexibility index (Phi) is 9.56. The third-order valence-electron chi connectivity index (χ3n) is 10.0. The molecule has 40 heavy (non-hydrogen) atoms. The van der Waals surface area contributed by atoms with Gasteiger partial charge in [-0.25, -0.2) is 4.99 Å². The van der Waals surface area contributed by atoms with Gasteiger partial charge in [0.25, 0.3) is 0 Å². The molecule has 2 heterocycles. The molecule has 1 saturated heterocycles. The Morgan fingerprint density at radius 3 is 1.65 bits per heavy atom. The predicted molar refractivity (Wildman–Crippen MR) is 174 cm³/mol. The number of hydrogen-bond acceptors (Lipinski definition) is 6. The second kappa shape index (κ2) is 11.4. The Labute approximate surface area is 248 Å². The van der Waals surface area contributed by atoms with E-state index >= 15 is 0 Å². The van der Waals surface area contributed by atoms with Crippen LogP contribution in [0.3, 0.4) is 0 Å². The molecule has 0 spiro atoms. The molecule has 6 nitrogen and oxygen atoms in total. The lowest BCUT2D eigenvalue weighted by molar-refractivity contribution is -0.204. The molecule has 0 amide bonds. The van der Waals surface area contributed by atoms with Gasteiger partial charge in [0.15, 0.2) is 37.3 Å². The molecule has 0 N–H and O–H groups in total. The van der Waals surface area contributed by atoms with E-state index in [0.29, 0.717) is 12.5 Å². The van der Waals surface area contributed by atoms with Crippen LogP contribution in [0.4, 0.5) is 0 Å². The normalized spacial score (nSPS) is 26.8. The van der Waals surface area contributed by atoms with E-state index in [1.54, 1.807) is 0 Å². The Hall–Kier alpha value is -0.819. The summed E-state index contributed by atoms with van der Waals surface area (Å²) in [6.45, 7) is 34.7. The van der Waals surface area contributed by atoms with Crippen molar-refractivity contribution in [3.63, 3.8) is 0 Å². The number of aliphatic imine (C=N–C) groups is 1. The SMILES string of the molecule is CC(C)(C)[Si](C)(C)OC[C@H]1O[C@@H]2N=C(c3ccccc3)O[C@@H]2[C@@H](O[Si](C)(C)C(C)(C)C)[C@@H]1O[Si](C)(C)C(C)(C)C. The number of benzene rings is 1. The first kappa shape index (κ1) is 33.7. The molecule has 0 bridgehead atoms. The average Bonchev–Trinajstić information content (AvgIpc) is 3.21. The van der Waals surface area contributed by atoms with Crippen LogP contribution in [0, 0.1) is 0 Å². The third kappa shape index (κ3) is 7.21. The van der Waals surface area contributed by atoms with Crippen LogP contribution in [0.2, 0.25) is 54.4 Å². The molecule has 0 aliphatic carbocycles. The van der Waals surface area contributed by atoms with Gasteiger partial charge >= 0.3 is 0 Å². The molecule has 1 aromatic rings. The van der Waals surface area contributed by atoms with Crippen molar-refractivity contribution in [2.75, 3.05) is 6.61 Å². The fourth-order valence-corrected chi connectivity index (χ4v) is 7.71. The van der Waals surface area contributed by atoms with Gasteiger partial charge < -0.3 is 22.8 Å². The molecule has 1 aromatic carbocycles. The summed E-state index contributed by atoms with van der Waals surface area (Å²) in [7, 11) is -6.47. The molecule has 0 radical (unpaired) electrons. The van der Waals surface area contributed by atoms with Crippen LogP contribution >= 0.6 is 0 Å². The Balaban J connectivity index is 2.08. The zero-order valence-electron chi connectivity index (χ0n) is 28.0. The summed E-state index contributed by atoms with van der Waals surface area (Å²) < 4.78 is 34.7. The van der Waals surface area contributed by atoms with Gasteiger partial charge in [0.1, 0.15) is 18.3 Å². The summed E-state index contributed by atoms with van der Waals surface area (Å²) in [5.41, 5.74) is 0.947. The first-order chi connectivity index (χ1) is 18.0. The second-order valence-corrected chi connectivity index (χ2v) is 30.5. The van der Waals surface area contributed by atoms with Gasteiger partial charge in [0, 0.05) is 5.56 Å². The number of fused-ring (bicyclic) bond motifs is 1. The van der Waals surface area contributed by atoms with Crippen molar-refractivity contribution < 1.29 is 22.8 Å². The van der Waals surface area contributed by atoms with Crippen LogP contribution in [0.25, 0.3) is 0 Å². The number of ether oxygens (including phenoxy) is 2. The van der Waals surface area contributed by atoms with Gasteiger partial charge in [-0.2, -0.15) is 0 Å². The highest BCUT2D eigenvalue weighted by Crippen LogP contribution is 2.45. The van der Waals surface area contributed by atoms with E-state index in [9.17, 15) is 0 Å². The molecule has 2 aliphatic heterocycles. The van der Waals surface area contributed by atoms with Gasteiger partial charge in [0.2, 0.25) is 5.90 Å². The summed E-state index contributed by atoms with van der Waals surface area (Å²) >= 11 is 0. The maximum Gasteiger partial charge on any atom is 0.219 e. The largest absolute Gasteiger partial charge is 0.466 e. The molecule has 1 fully saturated rings.